The summed E-state index contributed by atoms with van der Waals surface area (Å²) >= 11 is 0. The normalized spacial score (nSPS) is 9.82. The van der Waals surface area contributed by atoms with E-state index < -0.39 is 36.7 Å². The summed E-state index contributed by atoms with van der Waals surface area (Å²) in [5, 5.41) is 16.8. The van der Waals surface area contributed by atoms with Crippen LogP contribution in [0.4, 0.5) is 0 Å². The standard InChI is InChI=1S/C14H14O8/c15-11(16)5-13(19)21-7-9-1-2-10(4-3-9)8-22-14(20)6-12(17)18/h1-4H,5-8H2,(H,15,16)(H,17,18). The number of hydrogen-bond donors (Lipinski definition) is 2. The van der Waals surface area contributed by atoms with Gasteiger partial charge in [-0.15, -0.1) is 0 Å². The molecular formula is C14H14O8. The highest BCUT2D eigenvalue weighted by molar-refractivity contribution is 5.90. The predicted octanol–water partition coefficient (Wildman–Crippen LogP) is 0.722. The summed E-state index contributed by atoms with van der Waals surface area (Å²) in [5.74, 6) is -4.19. The van der Waals surface area contributed by atoms with E-state index in [4.69, 9.17) is 19.7 Å². The summed E-state index contributed by atoms with van der Waals surface area (Å²) < 4.78 is 9.50. The molecule has 1 rings (SSSR count). The number of carbonyl (C=O) groups is 4. The van der Waals surface area contributed by atoms with Gasteiger partial charge in [0, 0.05) is 0 Å². The molecule has 0 amide bonds. The molecule has 0 radical (unpaired) electrons. The van der Waals surface area contributed by atoms with Gasteiger partial charge in [-0.1, -0.05) is 24.3 Å². The van der Waals surface area contributed by atoms with Crippen molar-refractivity contribution in [2.75, 3.05) is 0 Å². The number of carboxylic acid groups (broad SMARTS) is 2. The van der Waals surface area contributed by atoms with Gasteiger partial charge in [-0.05, 0) is 11.1 Å². The third kappa shape index (κ3) is 7.04. The molecule has 0 aliphatic heterocycles. The lowest BCUT2D eigenvalue weighted by Gasteiger charge is -2.06. The lowest BCUT2D eigenvalue weighted by molar-refractivity contribution is -0.154. The van der Waals surface area contributed by atoms with Gasteiger partial charge in [0.25, 0.3) is 0 Å². The molecule has 0 fully saturated rings. The van der Waals surface area contributed by atoms with Crippen LogP contribution in [0.15, 0.2) is 24.3 Å². The first-order valence-electron chi connectivity index (χ1n) is 6.19. The topological polar surface area (TPSA) is 127 Å². The van der Waals surface area contributed by atoms with Crippen molar-refractivity contribution < 1.29 is 38.9 Å². The van der Waals surface area contributed by atoms with Gasteiger partial charge in [-0.3, -0.25) is 19.2 Å². The maximum absolute atomic E-state index is 11.1. The summed E-state index contributed by atoms with van der Waals surface area (Å²) in [6.45, 7) is -0.129. The molecule has 8 heteroatoms. The van der Waals surface area contributed by atoms with Crippen molar-refractivity contribution in [3.63, 3.8) is 0 Å². The Kier molecular flexibility index (Phi) is 6.55. The molecule has 0 aromatic heterocycles. The SMILES string of the molecule is O=C(O)CC(=O)OCc1ccc(COC(=O)CC(=O)O)cc1. The highest BCUT2D eigenvalue weighted by Crippen LogP contribution is 2.08. The second-order valence-corrected chi connectivity index (χ2v) is 4.28. The third-order valence-electron chi connectivity index (χ3n) is 2.41. The van der Waals surface area contributed by atoms with Gasteiger partial charge in [0.2, 0.25) is 0 Å². The van der Waals surface area contributed by atoms with Crippen LogP contribution < -0.4 is 0 Å². The molecule has 0 spiro atoms. The summed E-state index contributed by atoms with van der Waals surface area (Å²) in [7, 11) is 0. The molecule has 22 heavy (non-hydrogen) atoms. The molecule has 0 aliphatic rings. The number of rotatable bonds is 8. The van der Waals surface area contributed by atoms with E-state index in [1.54, 1.807) is 24.3 Å². The van der Waals surface area contributed by atoms with E-state index in [0.29, 0.717) is 11.1 Å². The molecule has 0 bridgehead atoms. The molecule has 8 nitrogen and oxygen atoms in total. The molecule has 0 saturated heterocycles. The van der Waals surface area contributed by atoms with Gasteiger partial charge in [0.15, 0.2) is 0 Å². The Labute approximate surface area is 125 Å². The van der Waals surface area contributed by atoms with Crippen molar-refractivity contribution in [3.8, 4) is 0 Å². The second kappa shape index (κ2) is 8.40. The quantitative estimate of drug-likeness (QED) is 0.531. The van der Waals surface area contributed by atoms with E-state index >= 15 is 0 Å². The Morgan fingerprint density at radius 1 is 0.727 bits per heavy atom. The van der Waals surface area contributed by atoms with Gasteiger partial charge in [-0.25, -0.2) is 0 Å². The molecule has 0 heterocycles. The minimum atomic E-state index is -1.26. The lowest BCUT2D eigenvalue weighted by atomic mass is 10.1. The van der Waals surface area contributed by atoms with Crippen molar-refractivity contribution in [2.24, 2.45) is 0 Å². The molecule has 1 aromatic carbocycles. The van der Waals surface area contributed by atoms with E-state index in [1.807, 2.05) is 0 Å². The van der Waals surface area contributed by atoms with Crippen LogP contribution in [0.3, 0.4) is 0 Å². The molecule has 0 atom stereocenters. The molecular weight excluding hydrogens is 296 g/mol. The molecule has 118 valence electrons. The first-order valence-corrected chi connectivity index (χ1v) is 6.19. The average molecular weight is 310 g/mol. The van der Waals surface area contributed by atoms with E-state index in [0.717, 1.165) is 0 Å². The summed E-state index contributed by atoms with van der Waals surface area (Å²) in [5.41, 5.74) is 1.28. The van der Waals surface area contributed by atoms with Crippen molar-refractivity contribution in [2.45, 2.75) is 26.1 Å². The predicted molar refractivity (Wildman–Crippen MR) is 70.5 cm³/mol. The number of aliphatic carboxylic acids is 2. The van der Waals surface area contributed by atoms with Crippen LogP contribution in [-0.4, -0.2) is 34.1 Å². The number of carboxylic acids is 2. The fourth-order valence-electron chi connectivity index (χ4n) is 1.41. The van der Waals surface area contributed by atoms with Crippen LogP contribution in [0.5, 0.6) is 0 Å². The fraction of sp³-hybridized carbons (Fsp3) is 0.286. The number of esters is 2. The maximum Gasteiger partial charge on any atom is 0.317 e. The van der Waals surface area contributed by atoms with E-state index in [-0.39, 0.29) is 13.2 Å². The highest BCUT2D eigenvalue weighted by Gasteiger charge is 2.10. The van der Waals surface area contributed by atoms with E-state index in [1.165, 1.54) is 0 Å². The number of benzene rings is 1. The van der Waals surface area contributed by atoms with Crippen LogP contribution >= 0.6 is 0 Å². The first kappa shape index (κ1) is 17.2. The molecule has 0 unspecified atom stereocenters. The van der Waals surface area contributed by atoms with Gasteiger partial charge < -0.3 is 19.7 Å². The number of carbonyl (C=O) groups excluding carboxylic acids is 2. The number of ether oxygens (including phenoxy) is 2. The Morgan fingerprint density at radius 3 is 1.32 bits per heavy atom. The largest absolute Gasteiger partial charge is 0.481 e. The highest BCUT2D eigenvalue weighted by atomic mass is 16.5. The van der Waals surface area contributed by atoms with Crippen LogP contribution in [0.25, 0.3) is 0 Å². The van der Waals surface area contributed by atoms with Crippen molar-refractivity contribution in [1.82, 2.24) is 0 Å². The maximum atomic E-state index is 11.1. The summed E-state index contributed by atoms with van der Waals surface area (Å²) in [4.78, 5) is 42.7. The zero-order chi connectivity index (χ0) is 16.5. The van der Waals surface area contributed by atoms with Crippen molar-refractivity contribution in [1.29, 1.82) is 0 Å². The number of hydrogen-bond acceptors (Lipinski definition) is 6. The average Bonchev–Trinajstić information content (AvgIpc) is 2.42. The van der Waals surface area contributed by atoms with Crippen LogP contribution in [-0.2, 0) is 41.9 Å². The Morgan fingerprint density at radius 2 is 1.05 bits per heavy atom. The fourth-order valence-corrected chi connectivity index (χ4v) is 1.41. The Bertz CT molecular complexity index is 510. The summed E-state index contributed by atoms with van der Waals surface area (Å²) in [6, 6.07) is 6.48. The third-order valence-corrected chi connectivity index (χ3v) is 2.41. The molecule has 0 aliphatic carbocycles. The van der Waals surface area contributed by atoms with E-state index in [2.05, 4.69) is 0 Å². The second-order valence-electron chi connectivity index (χ2n) is 4.28. The molecule has 1 aromatic rings. The van der Waals surface area contributed by atoms with Crippen LogP contribution in [0, 0.1) is 0 Å². The van der Waals surface area contributed by atoms with Gasteiger partial charge >= 0.3 is 23.9 Å². The van der Waals surface area contributed by atoms with Crippen molar-refractivity contribution in [3.05, 3.63) is 35.4 Å². The Balaban J connectivity index is 2.39. The minimum Gasteiger partial charge on any atom is -0.481 e. The zero-order valence-electron chi connectivity index (χ0n) is 11.5. The summed E-state index contributed by atoms with van der Waals surface area (Å²) in [6.07, 6.45) is -1.39. The zero-order valence-corrected chi connectivity index (χ0v) is 11.5. The van der Waals surface area contributed by atoms with Gasteiger partial charge in [0.05, 0.1) is 0 Å². The van der Waals surface area contributed by atoms with E-state index in [9.17, 15) is 19.2 Å². The van der Waals surface area contributed by atoms with Crippen LogP contribution in [0.1, 0.15) is 24.0 Å². The minimum absolute atomic E-state index is 0.0643. The lowest BCUT2D eigenvalue weighted by Crippen LogP contribution is -2.11. The van der Waals surface area contributed by atoms with Crippen molar-refractivity contribution >= 4 is 23.9 Å². The first-order chi connectivity index (χ1) is 10.4. The van der Waals surface area contributed by atoms with Gasteiger partial charge in [-0.2, -0.15) is 0 Å². The smallest absolute Gasteiger partial charge is 0.317 e. The Hall–Kier alpha value is -2.90. The van der Waals surface area contributed by atoms with Crippen LogP contribution in [0.2, 0.25) is 0 Å². The molecule has 2 N–H and O–H groups in total. The molecule has 0 saturated carbocycles. The monoisotopic (exact) mass is 310 g/mol. The van der Waals surface area contributed by atoms with Gasteiger partial charge in [0.1, 0.15) is 26.1 Å².